The Morgan fingerprint density at radius 2 is 2.04 bits per heavy atom. The molecule has 0 aliphatic carbocycles. The van der Waals surface area contributed by atoms with Crippen molar-refractivity contribution in [3.63, 3.8) is 0 Å². The van der Waals surface area contributed by atoms with Crippen LogP contribution in [-0.4, -0.2) is 50.2 Å². The van der Waals surface area contributed by atoms with Crippen LogP contribution in [0.2, 0.25) is 0 Å². The van der Waals surface area contributed by atoms with Crippen LogP contribution in [0.4, 0.5) is 0 Å². The average molecular weight is 378 g/mol. The number of nitrogens with one attached hydrogen (secondary N) is 1. The van der Waals surface area contributed by atoms with Crippen molar-refractivity contribution in [3.05, 3.63) is 35.9 Å². The van der Waals surface area contributed by atoms with Crippen molar-refractivity contribution in [2.45, 2.75) is 31.3 Å². The minimum absolute atomic E-state index is 0. The molecule has 0 spiro atoms. The molecule has 1 amide bonds. The van der Waals surface area contributed by atoms with Crippen molar-refractivity contribution in [2.24, 2.45) is 5.73 Å². The topological polar surface area (TPSA) is 67.6 Å². The Kier molecular flexibility index (Phi) is 10.5. The molecule has 1 aliphatic rings. The number of halogens is 2. The van der Waals surface area contributed by atoms with E-state index in [0.717, 1.165) is 31.7 Å². The molecule has 5 nitrogen and oxygen atoms in total. The molecule has 0 radical (unpaired) electrons. The summed E-state index contributed by atoms with van der Waals surface area (Å²) < 4.78 is 5.14. The summed E-state index contributed by atoms with van der Waals surface area (Å²) in [5.41, 5.74) is 6.06. The average Bonchev–Trinajstić information content (AvgIpc) is 2.98. The summed E-state index contributed by atoms with van der Waals surface area (Å²) in [6.07, 6.45) is 2.28. The molecule has 0 bridgehead atoms. The summed E-state index contributed by atoms with van der Waals surface area (Å²) in [7, 11) is 1.71. The number of nitrogens with two attached hydrogens (primary N) is 1. The molecular weight excluding hydrogens is 349 g/mol. The highest BCUT2D eigenvalue weighted by atomic mass is 35.5. The highest BCUT2D eigenvalue weighted by molar-refractivity contribution is 5.87. The first-order valence-corrected chi connectivity index (χ1v) is 7.91. The van der Waals surface area contributed by atoms with Crippen molar-refractivity contribution in [3.8, 4) is 0 Å². The zero-order valence-corrected chi connectivity index (χ0v) is 16.0. The van der Waals surface area contributed by atoms with Crippen molar-refractivity contribution in [2.75, 3.05) is 33.4 Å². The summed E-state index contributed by atoms with van der Waals surface area (Å²) in [6.45, 7) is 5.11. The van der Waals surface area contributed by atoms with E-state index in [1.807, 2.05) is 30.3 Å². The molecule has 1 aromatic rings. The zero-order valence-electron chi connectivity index (χ0n) is 14.4. The third-order valence-corrected chi connectivity index (χ3v) is 4.43. The second-order valence-corrected chi connectivity index (χ2v) is 6.10. The van der Waals surface area contributed by atoms with Crippen LogP contribution < -0.4 is 11.1 Å². The summed E-state index contributed by atoms with van der Waals surface area (Å²) in [6, 6.07) is 9.88. The maximum atomic E-state index is 12.5. The maximum Gasteiger partial charge on any atom is 0.244 e. The van der Waals surface area contributed by atoms with Crippen LogP contribution in [-0.2, 0) is 15.1 Å². The summed E-state index contributed by atoms with van der Waals surface area (Å²) >= 11 is 0. The van der Waals surface area contributed by atoms with E-state index in [0.29, 0.717) is 12.6 Å². The van der Waals surface area contributed by atoms with Crippen molar-refractivity contribution >= 4 is 30.7 Å². The molecule has 1 fully saturated rings. The minimum Gasteiger partial charge on any atom is -0.383 e. The molecule has 2 atom stereocenters. The molecule has 3 N–H and O–H groups in total. The molecule has 1 aromatic carbocycles. The van der Waals surface area contributed by atoms with Gasteiger partial charge in [-0.15, -0.1) is 24.8 Å². The van der Waals surface area contributed by atoms with E-state index in [-0.39, 0.29) is 30.7 Å². The van der Waals surface area contributed by atoms with Crippen LogP contribution in [0.25, 0.3) is 0 Å². The van der Waals surface area contributed by atoms with Gasteiger partial charge in [-0.25, -0.2) is 0 Å². The third-order valence-electron chi connectivity index (χ3n) is 4.43. The predicted octanol–water partition coefficient (Wildman–Crippen LogP) is 1.93. The van der Waals surface area contributed by atoms with Gasteiger partial charge in [-0.1, -0.05) is 30.3 Å². The third kappa shape index (κ3) is 5.90. The Balaban J connectivity index is 0.00000264. The number of hydrogen-bond acceptors (Lipinski definition) is 4. The predicted molar refractivity (Wildman–Crippen MR) is 102 cm³/mol. The normalized spacial score (nSPS) is 19.7. The van der Waals surface area contributed by atoms with Crippen LogP contribution >= 0.6 is 24.8 Å². The lowest BCUT2D eigenvalue weighted by molar-refractivity contribution is -0.126. The van der Waals surface area contributed by atoms with Crippen molar-refractivity contribution < 1.29 is 9.53 Å². The van der Waals surface area contributed by atoms with Crippen LogP contribution in [0.15, 0.2) is 30.3 Å². The van der Waals surface area contributed by atoms with Crippen LogP contribution in [0.5, 0.6) is 0 Å². The van der Waals surface area contributed by atoms with E-state index in [1.165, 1.54) is 6.42 Å². The standard InChI is InChI=1S/C17H27N3O2.2ClH/c1-17(18,14-7-4-3-5-8-14)16(21)19-13-15-9-6-10-20(15)11-12-22-2;;/h3-5,7-8,15H,6,9-13,18H2,1-2H3,(H,19,21);2*1H. The van der Waals surface area contributed by atoms with Gasteiger partial charge < -0.3 is 15.8 Å². The molecule has 2 rings (SSSR count). The number of benzene rings is 1. The van der Waals surface area contributed by atoms with Gasteiger partial charge >= 0.3 is 0 Å². The lowest BCUT2D eigenvalue weighted by Gasteiger charge is -2.28. The van der Waals surface area contributed by atoms with Crippen LogP contribution in [0.3, 0.4) is 0 Å². The highest BCUT2D eigenvalue weighted by Gasteiger charge is 2.32. The number of methoxy groups -OCH3 is 1. The van der Waals surface area contributed by atoms with E-state index in [9.17, 15) is 4.79 Å². The summed E-state index contributed by atoms with van der Waals surface area (Å²) in [4.78, 5) is 14.8. The van der Waals surface area contributed by atoms with Gasteiger partial charge in [0.2, 0.25) is 5.91 Å². The Hall–Kier alpha value is -0.850. The number of carbonyl (C=O) groups excluding carboxylic acids is 1. The van der Waals surface area contributed by atoms with Gasteiger partial charge in [-0.2, -0.15) is 0 Å². The van der Waals surface area contributed by atoms with E-state index < -0.39 is 5.54 Å². The molecule has 24 heavy (non-hydrogen) atoms. The van der Waals surface area contributed by atoms with Crippen LogP contribution in [0.1, 0.15) is 25.3 Å². The second-order valence-electron chi connectivity index (χ2n) is 6.10. The molecular formula is C17H29Cl2N3O2. The first kappa shape index (κ1) is 23.1. The molecule has 1 saturated heterocycles. The Morgan fingerprint density at radius 1 is 1.38 bits per heavy atom. The monoisotopic (exact) mass is 377 g/mol. The van der Waals surface area contributed by atoms with E-state index in [2.05, 4.69) is 10.2 Å². The number of ether oxygens (including phenoxy) is 1. The quantitative estimate of drug-likeness (QED) is 0.761. The lowest BCUT2D eigenvalue weighted by Crippen LogP contribution is -2.52. The highest BCUT2D eigenvalue weighted by Crippen LogP contribution is 2.19. The van der Waals surface area contributed by atoms with Gasteiger partial charge in [-0.05, 0) is 31.9 Å². The zero-order chi connectivity index (χ0) is 16.0. The smallest absolute Gasteiger partial charge is 0.244 e. The SMILES string of the molecule is COCCN1CCCC1CNC(=O)C(C)(N)c1ccccc1.Cl.Cl. The summed E-state index contributed by atoms with van der Waals surface area (Å²) in [5.74, 6) is -0.128. The van der Waals surface area contributed by atoms with E-state index in [1.54, 1.807) is 14.0 Å². The largest absolute Gasteiger partial charge is 0.383 e. The summed E-state index contributed by atoms with van der Waals surface area (Å²) in [5, 5.41) is 3.02. The van der Waals surface area contributed by atoms with Gasteiger partial charge in [0.15, 0.2) is 0 Å². The molecule has 7 heteroatoms. The molecule has 1 heterocycles. The Bertz CT molecular complexity index is 486. The van der Waals surface area contributed by atoms with Crippen LogP contribution in [0, 0.1) is 0 Å². The maximum absolute atomic E-state index is 12.5. The first-order valence-electron chi connectivity index (χ1n) is 7.91. The fourth-order valence-corrected chi connectivity index (χ4v) is 2.94. The van der Waals surface area contributed by atoms with Gasteiger partial charge in [0.05, 0.1) is 6.61 Å². The molecule has 2 unspecified atom stereocenters. The first-order chi connectivity index (χ1) is 10.6. The van der Waals surface area contributed by atoms with Gasteiger partial charge in [-0.3, -0.25) is 9.69 Å². The van der Waals surface area contributed by atoms with Gasteiger partial charge in [0, 0.05) is 26.2 Å². The molecule has 1 aliphatic heterocycles. The number of amides is 1. The number of rotatable bonds is 7. The Morgan fingerprint density at radius 3 is 2.67 bits per heavy atom. The van der Waals surface area contributed by atoms with E-state index in [4.69, 9.17) is 10.5 Å². The van der Waals surface area contributed by atoms with Gasteiger partial charge in [0.25, 0.3) is 0 Å². The van der Waals surface area contributed by atoms with Crippen molar-refractivity contribution in [1.29, 1.82) is 0 Å². The molecule has 0 aromatic heterocycles. The van der Waals surface area contributed by atoms with Gasteiger partial charge in [0.1, 0.15) is 5.54 Å². The minimum atomic E-state index is -1.00. The lowest BCUT2D eigenvalue weighted by atomic mass is 9.92. The van der Waals surface area contributed by atoms with Crippen molar-refractivity contribution in [1.82, 2.24) is 10.2 Å². The number of carbonyl (C=O) groups is 1. The Labute approximate surface area is 157 Å². The fraction of sp³-hybridized carbons (Fsp3) is 0.588. The number of hydrogen-bond donors (Lipinski definition) is 2. The number of likely N-dealkylation sites (tertiary alicyclic amines) is 1. The molecule has 138 valence electrons. The fourth-order valence-electron chi connectivity index (χ4n) is 2.94. The second kappa shape index (κ2) is 10.9. The molecule has 0 saturated carbocycles. The van der Waals surface area contributed by atoms with E-state index >= 15 is 0 Å². The number of nitrogens with zero attached hydrogens (tertiary/aromatic N) is 1.